The molecule has 0 radical (unpaired) electrons. The number of aromatic nitrogens is 1. The van der Waals surface area contributed by atoms with Crippen molar-refractivity contribution in [2.24, 2.45) is 5.92 Å². The maximum atomic E-state index is 12.6. The predicted octanol–water partition coefficient (Wildman–Crippen LogP) is 3.09. The lowest BCUT2D eigenvalue weighted by atomic mass is 10.0. The molecule has 0 saturated heterocycles. The molecule has 2 aliphatic rings. The van der Waals surface area contributed by atoms with Gasteiger partial charge in [-0.2, -0.15) is 0 Å². The first kappa shape index (κ1) is 16.3. The number of aliphatic hydroxyl groups is 1. The lowest BCUT2D eigenvalue weighted by molar-refractivity contribution is 0.0952. The van der Waals surface area contributed by atoms with Crippen LogP contribution in [0.4, 0.5) is 5.82 Å². The third-order valence-electron chi connectivity index (χ3n) is 5.31. The Morgan fingerprint density at radius 2 is 1.96 bits per heavy atom. The smallest absolute Gasteiger partial charge is 0.252 e. The van der Waals surface area contributed by atoms with Crippen molar-refractivity contribution in [2.75, 3.05) is 11.9 Å². The number of hydrogen-bond acceptors (Lipinski definition) is 4. The van der Waals surface area contributed by atoms with Gasteiger partial charge in [0, 0.05) is 18.0 Å². The van der Waals surface area contributed by atoms with E-state index in [9.17, 15) is 9.90 Å². The average molecular weight is 339 g/mol. The molecular weight excluding hydrogens is 314 g/mol. The maximum absolute atomic E-state index is 12.6. The van der Waals surface area contributed by atoms with E-state index in [4.69, 9.17) is 0 Å². The molecule has 0 bridgehead atoms. The average Bonchev–Trinajstić information content (AvgIpc) is 3.27. The Labute approximate surface area is 147 Å². The molecule has 1 amide bonds. The Kier molecular flexibility index (Phi) is 4.57. The van der Waals surface area contributed by atoms with Crippen LogP contribution in [0, 0.1) is 5.92 Å². The molecule has 2 saturated carbocycles. The zero-order chi connectivity index (χ0) is 17.2. The first-order valence-electron chi connectivity index (χ1n) is 9.33. The van der Waals surface area contributed by atoms with Crippen molar-refractivity contribution >= 4 is 22.6 Å². The van der Waals surface area contributed by atoms with Gasteiger partial charge >= 0.3 is 0 Å². The highest BCUT2D eigenvalue weighted by molar-refractivity contribution is 6.07. The standard InChI is InChI=1S/C20H25N3O2/c24-18(13-5-1-2-6-13)12-21-19-11-16(20(25)22-14-9-10-14)15-7-3-4-8-17(15)23-19/h3-4,7-8,11,13-14,18,24H,1-2,5-6,9-10,12H2,(H,21,23)(H,22,25). The fourth-order valence-corrected chi connectivity index (χ4v) is 3.66. The summed E-state index contributed by atoms with van der Waals surface area (Å²) in [5.41, 5.74) is 1.44. The fourth-order valence-electron chi connectivity index (χ4n) is 3.66. The quantitative estimate of drug-likeness (QED) is 0.756. The molecule has 1 aromatic heterocycles. The van der Waals surface area contributed by atoms with Gasteiger partial charge in [0.05, 0.1) is 17.2 Å². The minimum Gasteiger partial charge on any atom is -0.391 e. The molecule has 2 fully saturated rings. The van der Waals surface area contributed by atoms with Crippen LogP contribution in [0.3, 0.4) is 0 Å². The van der Waals surface area contributed by atoms with Crippen LogP contribution < -0.4 is 10.6 Å². The topological polar surface area (TPSA) is 74.2 Å². The fraction of sp³-hybridized carbons (Fsp3) is 0.500. The van der Waals surface area contributed by atoms with E-state index >= 15 is 0 Å². The number of aliphatic hydroxyl groups excluding tert-OH is 1. The normalized spacial score (nSPS) is 19.1. The third kappa shape index (κ3) is 3.76. The summed E-state index contributed by atoms with van der Waals surface area (Å²) < 4.78 is 0. The van der Waals surface area contributed by atoms with Crippen molar-refractivity contribution in [1.29, 1.82) is 0 Å². The molecule has 0 spiro atoms. The minimum absolute atomic E-state index is 0.0412. The van der Waals surface area contributed by atoms with E-state index in [2.05, 4.69) is 15.6 Å². The van der Waals surface area contributed by atoms with Crippen LogP contribution in [0.5, 0.6) is 0 Å². The summed E-state index contributed by atoms with van der Waals surface area (Å²) in [5.74, 6) is 0.989. The molecule has 132 valence electrons. The molecule has 25 heavy (non-hydrogen) atoms. The van der Waals surface area contributed by atoms with Gasteiger partial charge in [-0.05, 0) is 43.7 Å². The number of para-hydroxylation sites is 1. The molecule has 5 nitrogen and oxygen atoms in total. The highest BCUT2D eigenvalue weighted by Gasteiger charge is 2.25. The van der Waals surface area contributed by atoms with Crippen molar-refractivity contribution in [3.63, 3.8) is 0 Å². The lowest BCUT2D eigenvalue weighted by Crippen LogP contribution is -2.28. The van der Waals surface area contributed by atoms with E-state index in [0.29, 0.717) is 29.9 Å². The Morgan fingerprint density at radius 1 is 1.20 bits per heavy atom. The van der Waals surface area contributed by atoms with Gasteiger partial charge in [-0.3, -0.25) is 4.79 Å². The van der Waals surface area contributed by atoms with Gasteiger partial charge in [0.1, 0.15) is 5.82 Å². The van der Waals surface area contributed by atoms with E-state index in [-0.39, 0.29) is 12.0 Å². The van der Waals surface area contributed by atoms with Crippen LogP contribution in [0.2, 0.25) is 0 Å². The maximum Gasteiger partial charge on any atom is 0.252 e. The van der Waals surface area contributed by atoms with Crippen molar-refractivity contribution in [1.82, 2.24) is 10.3 Å². The highest BCUT2D eigenvalue weighted by atomic mass is 16.3. The summed E-state index contributed by atoms with van der Waals surface area (Å²) in [6, 6.07) is 9.83. The zero-order valence-electron chi connectivity index (χ0n) is 14.4. The summed E-state index contributed by atoms with van der Waals surface area (Å²) in [5, 5.41) is 17.5. The molecular formula is C20H25N3O2. The Hall–Kier alpha value is -2.14. The van der Waals surface area contributed by atoms with Crippen molar-refractivity contribution in [3.8, 4) is 0 Å². The number of rotatable bonds is 6. The summed E-state index contributed by atoms with van der Waals surface area (Å²) in [6.45, 7) is 0.472. The Balaban J connectivity index is 1.54. The van der Waals surface area contributed by atoms with E-state index in [1.807, 2.05) is 24.3 Å². The number of anilines is 1. The molecule has 5 heteroatoms. The molecule has 1 aromatic carbocycles. The van der Waals surface area contributed by atoms with Crippen molar-refractivity contribution < 1.29 is 9.90 Å². The molecule has 2 aromatic rings. The molecule has 2 aliphatic carbocycles. The van der Waals surface area contributed by atoms with E-state index in [1.54, 1.807) is 6.07 Å². The van der Waals surface area contributed by atoms with Gasteiger partial charge in [-0.25, -0.2) is 4.98 Å². The molecule has 1 heterocycles. The van der Waals surface area contributed by atoms with E-state index < -0.39 is 0 Å². The summed E-state index contributed by atoms with van der Waals surface area (Å²) in [4.78, 5) is 17.2. The number of hydrogen-bond donors (Lipinski definition) is 3. The van der Waals surface area contributed by atoms with Crippen molar-refractivity contribution in [3.05, 3.63) is 35.9 Å². The van der Waals surface area contributed by atoms with E-state index in [1.165, 1.54) is 12.8 Å². The summed E-state index contributed by atoms with van der Waals surface area (Å²) in [7, 11) is 0. The molecule has 0 aliphatic heterocycles. The van der Waals surface area contributed by atoms with Crippen LogP contribution in [-0.2, 0) is 0 Å². The van der Waals surface area contributed by atoms with Crippen LogP contribution in [-0.4, -0.2) is 34.7 Å². The number of pyridine rings is 1. The molecule has 4 rings (SSSR count). The first-order valence-corrected chi connectivity index (χ1v) is 9.33. The zero-order valence-corrected chi connectivity index (χ0v) is 14.4. The number of carbonyl (C=O) groups excluding carboxylic acids is 1. The van der Waals surface area contributed by atoms with Gasteiger partial charge in [0.15, 0.2) is 0 Å². The highest BCUT2D eigenvalue weighted by Crippen LogP contribution is 2.28. The SMILES string of the molecule is O=C(NC1CC1)c1cc(NCC(O)C2CCCC2)nc2ccccc12. The number of benzene rings is 1. The second-order valence-corrected chi connectivity index (χ2v) is 7.31. The largest absolute Gasteiger partial charge is 0.391 e. The molecule has 1 atom stereocenters. The number of carbonyl (C=O) groups is 1. The van der Waals surface area contributed by atoms with Gasteiger partial charge in [-0.1, -0.05) is 31.0 Å². The lowest BCUT2D eigenvalue weighted by Gasteiger charge is -2.19. The van der Waals surface area contributed by atoms with E-state index in [0.717, 1.165) is 36.6 Å². The van der Waals surface area contributed by atoms with Crippen LogP contribution in [0.15, 0.2) is 30.3 Å². The Bertz CT molecular complexity index is 767. The summed E-state index contributed by atoms with van der Waals surface area (Å²) in [6.07, 6.45) is 6.38. The second kappa shape index (κ2) is 7.00. The monoisotopic (exact) mass is 339 g/mol. The number of amides is 1. The minimum atomic E-state index is -0.362. The predicted molar refractivity (Wildman–Crippen MR) is 98.7 cm³/mol. The van der Waals surface area contributed by atoms with Gasteiger partial charge < -0.3 is 15.7 Å². The number of fused-ring (bicyclic) bond motifs is 1. The van der Waals surface area contributed by atoms with Crippen LogP contribution in [0.1, 0.15) is 48.9 Å². The molecule has 3 N–H and O–H groups in total. The Morgan fingerprint density at radius 3 is 2.72 bits per heavy atom. The van der Waals surface area contributed by atoms with Crippen LogP contribution in [0.25, 0.3) is 10.9 Å². The van der Waals surface area contributed by atoms with Gasteiger partial charge in [0.25, 0.3) is 5.91 Å². The first-order chi connectivity index (χ1) is 12.2. The third-order valence-corrected chi connectivity index (χ3v) is 5.31. The van der Waals surface area contributed by atoms with Crippen molar-refractivity contribution in [2.45, 2.75) is 50.7 Å². The number of nitrogens with one attached hydrogen (secondary N) is 2. The summed E-state index contributed by atoms with van der Waals surface area (Å²) >= 11 is 0. The number of nitrogens with zero attached hydrogens (tertiary/aromatic N) is 1. The second-order valence-electron chi connectivity index (χ2n) is 7.31. The van der Waals surface area contributed by atoms with Gasteiger partial charge in [-0.15, -0.1) is 0 Å². The van der Waals surface area contributed by atoms with Gasteiger partial charge in [0.2, 0.25) is 0 Å². The molecule has 1 unspecified atom stereocenters. The van der Waals surface area contributed by atoms with Crippen LogP contribution >= 0.6 is 0 Å².